The predicted octanol–water partition coefficient (Wildman–Crippen LogP) is 1.01. The summed E-state index contributed by atoms with van der Waals surface area (Å²) in [7, 11) is 0. The highest BCUT2D eigenvalue weighted by atomic mass is 16.2. The van der Waals surface area contributed by atoms with Crippen molar-refractivity contribution < 1.29 is 67.1 Å². The molecule has 660 valence electrons. The van der Waals surface area contributed by atoms with Crippen molar-refractivity contribution in [3.63, 3.8) is 0 Å². The average molecular weight is 1700 g/mol. The smallest absolute Gasteiger partial charge is 0.245 e. The van der Waals surface area contributed by atoms with E-state index < -0.39 is 149 Å². The molecule has 4 aromatic carbocycles. The summed E-state index contributed by atoms with van der Waals surface area (Å²) in [4.78, 5) is 210. The topological polar surface area (TPSA) is 576 Å². The number of carbonyl (C=O) groups excluding carboxylic acids is 14. The van der Waals surface area contributed by atoms with Crippen LogP contribution in [0.4, 0.5) is 0 Å². The van der Waals surface area contributed by atoms with E-state index in [1.165, 1.54) is 23.6 Å². The number of aromatic amines is 2. The fraction of sp³-hybridized carbons (Fsp3) is 0.483. The van der Waals surface area contributed by atoms with Gasteiger partial charge < -0.3 is 102 Å². The summed E-state index contributed by atoms with van der Waals surface area (Å²) < 4.78 is 0. The number of fused-ring (bicyclic) bond motifs is 4. The zero-order valence-electron chi connectivity index (χ0n) is 69.8. The monoisotopic (exact) mass is 1690 g/mol. The second-order valence-electron chi connectivity index (χ2n) is 31.7. The molecule has 4 aliphatic rings. The number of guanidine groups is 2. The maximum Gasteiger partial charge on any atom is 0.245 e. The highest BCUT2D eigenvalue weighted by molar-refractivity contribution is 6.00. The van der Waals surface area contributed by atoms with Crippen LogP contribution in [0.5, 0.6) is 0 Å². The van der Waals surface area contributed by atoms with Gasteiger partial charge in [-0.25, -0.2) is 0 Å². The van der Waals surface area contributed by atoms with Crippen molar-refractivity contribution in [2.45, 2.75) is 209 Å². The lowest BCUT2D eigenvalue weighted by Crippen LogP contribution is -2.59. The van der Waals surface area contributed by atoms with Crippen LogP contribution in [0.25, 0.3) is 21.8 Å². The number of benzene rings is 4. The highest BCUT2D eigenvalue weighted by Gasteiger charge is 2.43. The number of rotatable bonds is 27. The van der Waals surface area contributed by atoms with Gasteiger partial charge in [0.05, 0.1) is 24.5 Å². The predicted molar refractivity (Wildman–Crippen MR) is 463 cm³/mol. The van der Waals surface area contributed by atoms with Gasteiger partial charge in [-0.1, -0.05) is 103 Å². The van der Waals surface area contributed by atoms with Gasteiger partial charge >= 0.3 is 0 Å². The van der Waals surface area contributed by atoms with Gasteiger partial charge in [-0.2, -0.15) is 0 Å². The minimum Gasteiger partial charge on any atom is -0.388 e. The second kappa shape index (κ2) is 47.2. The Morgan fingerprint density at radius 2 is 0.911 bits per heavy atom. The van der Waals surface area contributed by atoms with E-state index in [9.17, 15) is 67.1 Å². The molecule has 4 fully saturated rings. The molecule has 11 atom stereocenters. The average Bonchev–Trinajstić information content (AvgIpc) is 1.70. The van der Waals surface area contributed by atoms with Crippen LogP contribution in [0, 0.1) is 17.2 Å². The number of Topliss-reactive ketones (excluding diaryl/α,β-unsaturated/α-hetero) is 2. The molecule has 0 spiro atoms. The van der Waals surface area contributed by atoms with Crippen molar-refractivity contribution in [3.05, 3.63) is 144 Å². The van der Waals surface area contributed by atoms with E-state index in [0.717, 1.165) is 44.1 Å². The molecular formula is C87H118N22O14. The number of aliphatic imine (C=N–C) groups is 2. The minimum absolute atomic E-state index is 0.0188. The normalized spacial score (nSPS) is 21.8. The number of amides is 12. The van der Waals surface area contributed by atoms with Crippen molar-refractivity contribution in [3.8, 4) is 0 Å². The number of carbonyl (C=O) groups is 14. The second-order valence-corrected chi connectivity index (χ2v) is 31.7. The number of nitrogens with two attached hydrogens (primary N) is 5. The van der Waals surface area contributed by atoms with Gasteiger partial charge in [0, 0.05) is 144 Å². The molecule has 0 aliphatic carbocycles. The van der Waals surface area contributed by atoms with E-state index >= 15 is 0 Å². The first-order chi connectivity index (χ1) is 59.1. The van der Waals surface area contributed by atoms with Gasteiger partial charge in [0.25, 0.3) is 0 Å². The van der Waals surface area contributed by atoms with Gasteiger partial charge in [0.1, 0.15) is 42.3 Å². The van der Waals surface area contributed by atoms with Crippen LogP contribution >= 0.6 is 0 Å². The summed E-state index contributed by atoms with van der Waals surface area (Å²) in [5, 5.41) is 37.5. The Labute approximate surface area is 713 Å². The quantitative estimate of drug-likeness (QED) is 0.0194. The summed E-state index contributed by atoms with van der Waals surface area (Å²) in [6.45, 7) is 3.23. The van der Waals surface area contributed by atoms with Gasteiger partial charge in [-0.15, -0.1) is 0 Å². The van der Waals surface area contributed by atoms with Crippen molar-refractivity contribution in [2.75, 3.05) is 45.8 Å². The van der Waals surface area contributed by atoms with E-state index in [1.54, 1.807) is 12.4 Å². The number of hydrogen-bond acceptors (Lipinski definition) is 17. The molecule has 6 heterocycles. The largest absolute Gasteiger partial charge is 0.388 e. The third-order valence-electron chi connectivity index (χ3n) is 22.3. The summed E-state index contributed by atoms with van der Waals surface area (Å²) in [5.74, 6) is -8.88. The molecule has 36 nitrogen and oxygen atoms in total. The van der Waals surface area contributed by atoms with E-state index in [1.807, 2.05) is 109 Å². The Morgan fingerprint density at radius 1 is 0.480 bits per heavy atom. The maximum absolute atomic E-state index is 14.5. The fourth-order valence-electron chi connectivity index (χ4n) is 16.0. The lowest BCUT2D eigenvalue weighted by Gasteiger charge is -2.31. The molecule has 36 heteroatoms. The Kier molecular flexibility index (Phi) is 36.0. The van der Waals surface area contributed by atoms with Crippen LogP contribution in [0.15, 0.2) is 132 Å². The number of aromatic nitrogens is 2. The standard InChI is InChI=1S/C46H64N12O7.C41H54N10O7/c1-28(59)54-37(24-29-12-3-2-4-13-29)43(63)56-35-18-10-21-51-41(61)30(14-9-22-52-46(49)50)26-39(60)36(25-31-27-53-33-16-6-5-15-32(31)33)57-42(62)34(17-7-8-20-40(47)48)55-44(64)38-19-11-23-58(38)45(35)65;1-25(52)48-33(20-26-10-3-2-4-11-26)38(56)50-31-15-8-17-44-37(55)27(12-7-18-45-41(42)43)22-35(53)32(21-28-23-46-30-14-6-5-13-29(28)30)49-36(54)24-47-39(57)34-16-9-19-51(34)40(31)58/h2-6,12-13,15-16,27,30,34-38,53H,7-11,14,17-26H2,1H3,(H3,47,48)(H,51,61)(H,54,59)(H,55,64)(H,56,63)(H,57,62)(H4,49,50,52);2-6,10-11,13-14,23,27,31-34,46H,7-9,12,15-22,24H2,1H3,(H,44,55)(H,47,57)(H,48,52)(H,49,54)(H,50,56)(H4,42,43,45)/t30-,34-,35+,36+,37+,38+;27-,31+,32+,33+,34+/m11/s1. The Hall–Kier alpha value is -13.1. The van der Waals surface area contributed by atoms with Gasteiger partial charge in [0.15, 0.2) is 23.5 Å². The summed E-state index contributed by atoms with van der Waals surface area (Å²) >= 11 is 0. The number of nitrogens with zero attached hydrogens (tertiary/aromatic N) is 4. The van der Waals surface area contributed by atoms with Crippen LogP contribution in [-0.4, -0.2) is 220 Å². The molecule has 0 saturated carbocycles. The number of hydrogen-bond donors (Lipinski definition) is 18. The molecule has 0 radical (unpaired) electrons. The number of amidine groups is 1. The number of para-hydroxylation sites is 2. The molecule has 23 N–H and O–H groups in total. The van der Waals surface area contributed by atoms with Crippen molar-refractivity contribution in [1.82, 2.24) is 72.9 Å². The summed E-state index contributed by atoms with van der Waals surface area (Å²) in [5.41, 5.74) is 32.5. The van der Waals surface area contributed by atoms with Crippen LogP contribution < -0.4 is 81.8 Å². The van der Waals surface area contributed by atoms with Crippen LogP contribution in [-0.2, 0) is 92.8 Å². The number of ketones is 2. The molecule has 2 aromatic heterocycles. The van der Waals surface area contributed by atoms with Crippen LogP contribution in [0.1, 0.15) is 152 Å². The molecule has 6 aromatic rings. The SMILES string of the molecule is CC(=O)N[C@@H](Cc1ccccc1)C(=O)N[C@H]1CCCNC(=O)[C@H](CCCN=C(N)N)CC(=O)[C@H](Cc2c[nH]c3ccccc23)NC(=O)CNC(=O)[C@@H]2CCCN2C1=O.CC(=O)N[C@@H](Cc1ccccc1)C(=O)N[C@H]1CCCNC(=O)[C@H](CCCN=C(N)N)CC(=O)[C@H](Cc2c[nH]c3ccccc23)NC(=O)[C@@H](CCCCC(=N)N)NC(=O)[C@@H]2CCCN2C1=O. The molecule has 0 bridgehead atoms. The van der Waals surface area contributed by atoms with Crippen LogP contribution in [0.2, 0.25) is 0 Å². The fourth-order valence-corrected chi connectivity index (χ4v) is 16.0. The van der Waals surface area contributed by atoms with Crippen molar-refractivity contribution in [2.24, 2.45) is 50.5 Å². The molecule has 4 saturated heterocycles. The Morgan fingerprint density at radius 3 is 1.36 bits per heavy atom. The molecule has 0 unspecified atom stereocenters. The molecule has 4 aliphatic heterocycles. The summed E-state index contributed by atoms with van der Waals surface area (Å²) in [6.07, 6.45) is 8.48. The molecule has 10 rings (SSSR count). The zero-order valence-corrected chi connectivity index (χ0v) is 69.8. The third kappa shape index (κ3) is 29.1. The Bertz CT molecular complexity index is 4760. The first-order valence-corrected chi connectivity index (χ1v) is 42.3. The maximum atomic E-state index is 14.5. The highest BCUT2D eigenvalue weighted by Crippen LogP contribution is 2.27. The van der Waals surface area contributed by atoms with E-state index in [4.69, 9.17) is 34.1 Å². The van der Waals surface area contributed by atoms with E-state index in [-0.39, 0.29) is 153 Å². The molecule has 123 heavy (non-hydrogen) atoms. The minimum atomic E-state index is -1.15. The number of nitrogens with one attached hydrogen (secondary N) is 13. The van der Waals surface area contributed by atoms with Crippen molar-refractivity contribution in [1.29, 1.82) is 5.41 Å². The summed E-state index contributed by atoms with van der Waals surface area (Å²) in [6, 6.07) is 23.9. The third-order valence-corrected chi connectivity index (χ3v) is 22.3. The van der Waals surface area contributed by atoms with Gasteiger partial charge in [0.2, 0.25) is 70.9 Å². The lowest BCUT2D eigenvalue weighted by atomic mass is 9.90. The van der Waals surface area contributed by atoms with Gasteiger partial charge in [-0.3, -0.25) is 82.5 Å². The van der Waals surface area contributed by atoms with Crippen molar-refractivity contribution >= 4 is 122 Å². The first kappa shape index (κ1) is 93.8. The van der Waals surface area contributed by atoms with Gasteiger partial charge in [-0.05, 0) is 124 Å². The first-order valence-electron chi connectivity index (χ1n) is 42.3. The Balaban J connectivity index is 0.000000281. The molecule has 12 amide bonds. The van der Waals surface area contributed by atoms with E-state index in [2.05, 4.69) is 73.1 Å². The lowest BCUT2D eigenvalue weighted by molar-refractivity contribution is -0.142. The van der Waals surface area contributed by atoms with Crippen LogP contribution in [0.3, 0.4) is 0 Å². The number of H-pyrrole nitrogens is 2. The molecular weight excluding hydrogens is 1580 g/mol. The zero-order chi connectivity index (χ0) is 88.5. The number of unbranched alkanes of at least 4 members (excludes halogenated alkanes) is 1. The van der Waals surface area contributed by atoms with E-state index in [0.29, 0.717) is 51.4 Å².